The van der Waals surface area contributed by atoms with Gasteiger partial charge in [-0.25, -0.2) is 4.39 Å². The van der Waals surface area contributed by atoms with Crippen molar-refractivity contribution >= 4 is 0 Å². The van der Waals surface area contributed by atoms with Gasteiger partial charge in [-0.15, -0.1) is 0 Å². The zero-order valence-corrected chi connectivity index (χ0v) is 14.9. The van der Waals surface area contributed by atoms with Gasteiger partial charge in [-0.2, -0.15) is 0 Å². The molecule has 2 aliphatic heterocycles. The van der Waals surface area contributed by atoms with E-state index >= 15 is 0 Å². The van der Waals surface area contributed by atoms with Crippen LogP contribution in [0.4, 0.5) is 4.39 Å². The van der Waals surface area contributed by atoms with Gasteiger partial charge in [-0.05, 0) is 42.2 Å². The molecule has 1 atom stereocenters. The zero-order chi connectivity index (χ0) is 17.8. The van der Waals surface area contributed by atoms with Gasteiger partial charge in [0.25, 0.3) is 0 Å². The summed E-state index contributed by atoms with van der Waals surface area (Å²) in [6.45, 7) is 4.16. The smallest absolute Gasteiger partial charge is 0.123 e. The van der Waals surface area contributed by atoms with Gasteiger partial charge < -0.3 is 9.47 Å². The van der Waals surface area contributed by atoms with Crippen LogP contribution in [0.25, 0.3) is 0 Å². The van der Waals surface area contributed by atoms with E-state index in [1.807, 2.05) is 30.5 Å². The highest BCUT2D eigenvalue weighted by molar-refractivity contribution is 5.16. The van der Waals surface area contributed by atoms with Crippen LogP contribution in [0.5, 0.6) is 0 Å². The number of benzene rings is 1. The second kappa shape index (κ2) is 7.82. The second-order valence-corrected chi connectivity index (χ2v) is 7.40. The van der Waals surface area contributed by atoms with Crippen molar-refractivity contribution in [2.45, 2.75) is 44.1 Å². The van der Waals surface area contributed by atoms with Crippen molar-refractivity contribution in [3.63, 3.8) is 0 Å². The third-order valence-corrected chi connectivity index (χ3v) is 5.47. The van der Waals surface area contributed by atoms with E-state index in [0.29, 0.717) is 13.2 Å². The highest BCUT2D eigenvalue weighted by atomic mass is 19.1. The molecule has 2 saturated heterocycles. The Labute approximate surface area is 153 Å². The molecule has 0 aliphatic carbocycles. The average molecular weight is 356 g/mol. The number of ether oxygens (including phenoxy) is 2. The van der Waals surface area contributed by atoms with Crippen molar-refractivity contribution in [2.75, 3.05) is 19.7 Å². The Morgan fingerprint density at radius 1 is 1.15 bits per heavy atom. The van der Waals surface area contributed by atoms with Gasteiger partial charge in [-0.3, -0.25) is 9.88 Å². The molecule has 1 aromatic heterocycles. The van der Waals surface area contributed by atoms with Crippen LogP contribution in [0.2, 0.25) is 0 Å². The first-order valence-electron chi connectivity index (χ1n) is 9.32. The molecule has 0 amide bonds. The molecule has 1 unspecified atom stereocenters. The molecule has 1 spiro atoms. The molecule has 3 heterocycles. The fraction of sp³-hybridized carbons (Fsp3) is 0.476. The van der Waals surface area contributed by atoms with Crippen LogP contribution < -0.4 is 0 Å². The predicted molar refractivity (Wildman–Crippen MR) is 97.0 cm³/mol. The van der Waals surface area contributed by atoms with Gasteiger partial charge in [-0.1, -0.05) is 18.2 Å². The lowest BCUT2D eigenvalue weighted by atomic mass is 9.88. The third kappa shape index (κ3) is 4.29. The minimum atomic E-state index is -0.178. The summed E-state index contributed by atoms with van der Waals surface area (Å²) in [4.78, 5) is 6.55. The normalized spacial score (nSPS) is 22.7. The van der Waals surface area contributed by atoms with Crippen LogP contribution in [-0.4, -0.2) is 41.3 Å². The highest BCUT2D eigenvalue weighted by Crippen LogP contribution is 2.37. The Bertz CT molecular complexity index is 700. The van der Waals surface area contributed by atoms with E-state index in [9.17, 15) is 4.39 Å². The molecule has 1 aromatic carbocycles. The number of aromatic nitrogens is 1. The van der Waals surface area contributed by atoms with Crippen molar-refractivity contribution in [3.05, 3.63) is 65.7 Å². The van der Waals surface area contributed by atoms with Gasteiger partial charge in [0.1, 0.15) is 5.82 Å². The Morgan fingerprint density at radius 2 is 1.96 bits per heavy atom. The molecule has 0 saturated carbocycles. The quantitative estimate of drug-likeness (QED) is 0.820. The summed E-state index contributed by atoms with van der Waals surface area (Å²) in [6.07, 6.45) is 6.81. The Morgan fingerprint density at radius 3 is 2.69 bits per heavy atom. The second-order valence-electron chi connectivity index (χ2n) is 7.40. The lowest BCUT2D eigenvalue weighted by Crippen LogP contribution is -2.43. The molecular formula is C21H25FN2O2. The van der Waals surface area contributed by atoms with E-state index in [0.717, 1.165) is 50.0 Å². The van der Waals surface area contributed by atoms with E-state index in [1.54, 1.807) is 6.20 Å². The summed E-state index contributed by atoms with van der Waals surface area (Å²) in [7, 11) is 0. The summed E-state index contributed by atoms with van der Waals surface area (Å²) in [5.41, 5.74) is 2.23. The summed E-state index contributed by atoms with van der Waals surface area (Å²) in [6, 6.07) is 10.8. The Balaban J connectivity index is 1.24. The molecule has 26 heavy (non-hydrogen) atoms. The van der Waals surface area contributed by atoms with E-state index in [4.69, 9.17) is 9.47 Å². The maximum atomic E-state index is 13.0. The number of hydrogen-bond donors (Lipinski definition) is 0. The number of pyridine rings is 1. The monoisotopic (exact) mass is 356 g/mol. The molecule has 2 aliphatic rings. The zero-order valence-electron chi connectivity index (χ0n) is 14.9. The molecule has 4 rings (SSSR count). The number of hydrogen-bond acceptors (Lipinski definition) is 4. The topological polar surface area (TPSA) is 34.6 Å². The van der Waals surface area contributed by atoms with E-state index < -0.39 is 0 Å². The Hall–Kier alpha value is -1.82. The van der Waals surface area contributed by atoms with Crippen LogP contribution in [0.15, 0.2) is 48.8 Å². The first-order valence-corrected chi connectivity index (χ1v) is 9.32. The Kier molecular flexibility index (Phi) is 5.29. The summed E-state index contributed by atoms with van der Waals surface area (Å²) < 4.78 is 25.2. The van der Waals surface area contributed by atoms with Crippen molar-refractivity contribution < 1.29 is 13.9 Å². The van der Waals surface area contributed by atoms with Crippen molar-refractivity contribution in [2.24, 2.45) is 0 Å². The molecule has 4 nitrogen and oxygen atoms in total. The summed E-state index contributed by atoms with van der Waals surface area (Å²) >= 11 is 0. The fourth-order valence-electron chi connectivity index (χ4n) is 3.92. The molecule has 138 valence electrons. The lowest BCUT2D eigenvalue weighted by molar-refractivity contribution is -0.0468. The molecule has 0 bridgehead atoms. The van der Waals surface area contributed by atoms with Gasteiger partial charge in [0.2, 0.25) is 0 Å². The minimum Gasteiger partial charge on any atom is -0.372 e. The van der Waals surface area contributed by atoms with Crippen molar-refractivity contribution in [3.8, 4) is 0 Å². The number of rotatable bonds is 5. The molecule has 5 heteroatoms. The van der Waals surface area contributed by atoms with Crippen LogP contribution in [0.1, 0.15) is 30.4 Å². The lowest BCUT2D eigenvalue weighted by Gasteiger charge is -2.38. The predicted octanol–water partition coefficient (Wildman–Crippen LogP) is 3.56. The molecule has 2 fully saturated rings. The van der Waals surface area contributed by atoms with Crippen LogP contribution in [-0.2, 0) is 22.6 Å². The van der Waals surface area contributed by atoms with Crippen LogP contribution >= 0.6 is 0 Å². The van der Waals surface area contributed by atoms with E-state index in [1.165, 1.54) is 12.1 Å². The minimum absolute atomic E-state index is 0.0289. The van der Waals surface area contributed by atoms with Gasteiger partial charge >= 0.3 is 0 Å². The molecular weight excluding hydrogens is 331 g/mol. The standard InChI is InChI=1S/C21H25FN2O2/c22-19-5-3-17(4-6-19)14-24-10-7-21(8-11-24)12-20(16-26-21)25-15-18-2-1-9-23-13-18/h1-6,9,13,20H,7-8,10-12,14-16H2. The molecule has 2 aromatic rings. The highest BCUT2D eigenvalue weighted by Gasteiger charge is 2.43. The maximum Gasteiger partial charge on any atom is 0.123 e. The van der Waals surface area contributed by atoms with Crippen molar-refractivity contribution in [1.29, 1.82) is 0 Å². The van der Waals surface area contributed by atoms with Crippen molar-refractivity contribution in [1.82, 2.24) is 9.88 Å². The largest absolute Gasteiger partial charge is 0.372 e. The number of nitrogens with zero attached hydrogens (tertiary/aromatic N) is 2. The maximum absolute atomic E-state index is 13.0. The number of halogens is 1. The van der Waals surface area contributed by atoms with Crippen LogP contribution in [0.3, 0.4) is 0 Å². The number of piperidine rings is 1. The summed E-state index contributed by atoms with van der Waals surface area (Å²) in [5, 5.41) is 0. The fourth-order valence-corrected chi connectivity index (χ4v) is 3.92. The molecule has 0 N–H and O–H groups in total. The van der Waals surface area contributed by atoms with Crippen LogP contribution in [0, 0.1) is 5.82 Å². The average Bonchev–Trinajstić information content (AvgIpc) is 3.08. The van der Waals surface area contributed by atoms with E-state index in [-0.39, 0.29) is 17.5 Å². The SMILES string of the molecule is Fc1ccc(CN2CCC3(CC2)CC(OCc2cccnc2)CO3)cc1. The number of likely N-dealkylation sites (tertiary alicyclic amines) is 1. The summed E-state index contributed by atoms with van der Waals surface area (Å²) in [5.74, 6) is -0.178. The third-order valence-electron chi connectivity index (χ3n) is 5.47. The first-order chi connectivity index (χ1) is 12.7. The molecule has 0 radical (unpaired) electrons. The first kappa shape index (κ1) is 17.6. The van der Waals surface area contributed by atoms with E-state index in [2.05, 4.69) is 9.88 Å². The van der Waals surface area contributed by atoms with Gasteiger partial charge in [0.05, 0.1) is 24.9 Å². The van der Waals surface area contributed by atoms with Gasteiger partial charge in [0.15, 0.2) is 0 Å². The van der Waals surface area contributed by atoms with Gasteiger partial charge in [0, 0.05) is 38.4 Å².